The lowest BCUT2D eigenvalue weighted by atomic mass is 10.3. The second kappa shape index (κ2) is 8.66. The van der Waals surface area contributed by atoms with Crippen LogP contribution in [0.1, 0.15) is 11.4 Å². The van der Waals surface area contributed by atoms with E-state index in [1.165, 1.54) is 0 Å². The molecular formula is C20H22N8O2S. The van der Waals surface area contributed by atoms with E-state index in [-0.39, 0.29) is 11.4 Å². The highest BCUT2D eigenvalue weighted by molar-refractivity contribution is 7.89. The number of anilines is 1. The van der Waals surface area contributed by atoms with Crippen LogP contribution in [0.2, 0.25) is 0 Å². The molecule has 0 amide bonds. The molecule has 0 saturated heterocycles. The highest BCUT2D eigenvalue weighted by atomic mass is 32.2. The van der Waals surface area contributed by atoms with Gasteiger partial charge in [-0.3, -0.25) is 0 Å². The van der Waals surface area contributed by atoms with E-state index < -0.39 is 10.0 Å². The number of aryl methyl sites for hydroxylation is 2. The number of nitrogens with one attached hydrogen (secondary N) is 2. The second-order valence-corrected chi connectivity index (χ2v) is 8.65. The van der Waals surface area contributed by atoms with Gasteiger partial charge in [-0.25, -0.2) is 22.5 Å². The van der Waals surface area contributed by atoms with Crippen LogP contribution in [0.4, 0.5) is 5.82 Å². The first kappa shape index (κ1) is 20.7. The van der Waals surface area contributed by atoms with Gasteiger partial charge in [0.2, 0.25) is 10.0 Å². The molecule has 4 aromatic rings. The maximum absolute atomic E-state index is 12.5. The molecule has 0 spiro atoms. The molecule has 4 rings (SSSR count). The molecule has 0 aliphatic rings. The highest BCUT2D eigenvalue weighted by Crippen LogP contribution is 2.13. The summed E-state index contributed by atoms with van der Waals surface area (Å²) in [5.74, 6) is 1.17. The van der Waals surface area contributed by atoms with Gasteiger partial charge >= 0.3 is 0 Å². The van der Waals surface area contributed by atoms with Gasteiger partial charge in [0, 0.05) is 31.2 Å². The van der Waals surface area contributed by atoms with Gasteiger partial charge in [0.05, 0.1) is 16.3 Å². The molecule has 0 saturated carbocycles. The molecule has 3 heterocycles. The Balaban J connectivity index is 1.30. The smallest absolute Gasteiger partial charge is 0.240 e. The van der Waals surface area contributed by atoms with Crippen molar-refractivity contribution in [3.8, 4) is 11.5 Å². The van der Waals surface area contributed by atoms with Gasteiger partial charge in [0.1, 0.15) is 5.82 Å². The Hall–Kier alpha value is -3.57. The molecule has 2 N–H and O–H groups in total. The molecular weight excluding hydrogens is 416 g/mol. The minimum absolute atomic E-state index is 0.192. The molecule has 0 bridgehead atoms. The fourth-order valence-corrected chi connectivity index (χ4v) is 4.08. The van der Waals surface area contributed by atoms with Crippen LogP contribution < -0.4 is 10.0 Å². The van der Waals surface area contributed by atoms with Crippen molar-refractivity contribution in [1.82, 2.24) is 34.5 Å². The second-order valence-electron chi connectivity index (χ2n) is 6.88. The van der Waals surface area contributed by atoms with E-state index in [0.717, 1.165) is 17.1 Å². The number of aromatic nitrogens is 6. The fraction of sp³-hybridized carbons (Fsp3) is 0.200. The van der Waals surface area contributed by atoms with Crippen molar-refractivity contribution in [2.75, 3.05) is 18.4 Å². The first-order valence-corrected chi connectivity index (χ1v) is 11.1. The Morgan fingerprint density at radius 3 is 2.42 bits per heavy atom. The van der Waals surface area contributed by atoms with E-state index >= 15 is 0 Å². The van der Waals surface area contributed by atoms with Crippen LogP contribution in [0.15, 0.2) is 65.8 Å². The summed E-state index contributed by atoms with van der Waals surface area (Å²) in [6.07, 6.45) is 3.45. The van der Waals surface area contributed by atoms with E-state index in [9.17, 15) is 8.42 Å². The average molecular weight is 439 g/mol. The molecule has 0 unspecified atom stereocenters. The summed E-state index contributed by atoms with van der Waals surface area (Å²) in [6.45, 7) is 4.43. The van der Waals surface area contributed by atoms with Crippen LogP contribution >= 0.6 is 0 Å². The van der Waals surface area contributed by atoms with Crippen LogP contribution in [0.3, 0.4) is 0 Å². The SMILES string of the molecule is Cc1cc(C)n(-c2ccc(NCCNS(=O)(=O)c3ccc(-n4cccn4)cc3)nn2)n1. The minimum Gasteiger partial charge on any atom is -0.367 e. The third-order valence-corrected chi connectivity index (χ3v) is 5.99. The van der Waals surface area contributed by atoms with E-state index in [4.69, 9.17) is 0 Å². The van der Waals surface area contributed by atoms with Crippen molar-refractivity contribution in [2.24, 2.45) is 0 Å². The van der Waals surface area contributed by atoms with Crippen molar-refractivity contribution in [1.29, 1.82) is 0 Å². The Kier molecular flexibility index (Phi) is 5.78. The van der Waals surface area contributed by atoms with E-state index in [1.807, 2.05) is 19.9 Å². The maximum atomic E-state index is 12.5. The molecule has 10 nitrogen and oxygen atoms in total. The number of hydrogen-bond acceptors (Lipinski definition) is 7. The summed E-state index contributed by atoms with van der Waals surface area (Å²) < 4.78 is 30.9. The van der Waals surface area contributed by atoms with Gasteiger partial charge < -0.3 is 5.32 Å². The van der Waals surface area contributed by atoms with Gasteiger partial charge in [-0.15, -0.1) is 10.2 Å². The maximum Gasteiger partial charge on any atom is 0.240 e. The summed E-state index contributed by atoms with van der Waals surface area (Å²) in [5, 5.41) is 19.8. The van der Waals surface area contributed by atoms with Gasteiger partial charge in [-0.05, 0) is 62.4 Å². The lowest BCUT2D eigenvalue weighted by Gasteiger charge is -2.09. The van der Waals surface area contributed by atoms with Gasteiger partial charge in [0.25, 0.3) is 0 Å². The van der Waals surface area contributed by atoms with E-state index in [2.05, 4.69) is 30.4 Å². The largest absolute Gasteiger partial charge is 0.367 e. The zero-order valence-electron chi connectivity index (χ0n) is 17.1. The zero-order valence-corrected chi connectivity index (χ0v) is 17.9. The lowest BCUT2D eigenvalue weighted by molar-refractivity contribution is 0.583. The number of benzene rings is 1. The van der Waals surface area contributed by atoms with Crippen LogP contribution in [-0.2, 0) is 10.0 Å². The topological polar surface area (TPSA) is 120 Å². The normalized spacial score (nSPS) is 11.5. The molecule has 11 heteroatoms. The first-order valence-electron chi connectivity index (χ1n) is 9.63. The van der Waals surface area contributed by atoms with Gasteiger partial charge in [-0.1, -0.05) is 0 Å². The zero-order chi connectivity index (χ0) is 21.8. The van der Waals surface area contributed by atoms with Gasteiger partial charge in [-0.2, -0.15) is 10.2 Å². The van der Waals surface area contributed by atoms with Crippen molar-refractivity contribution in [2.45, 2.75) is 18.7 Å². The van der Waals surface area contributed by atoms with Gasteiger partial charge in [0.15, 0.2) is 5.82 Å². The number of rotatable bonds is 8. The van der Waals surface area contributed by atoms with Crippen molar-refractivity contribution >= 4 is 15.8 Å². The summed E-state index contributed by atoms with van der Waals surface area (Å²) in [6, 6.07) is 13.9. The highest BCUT2D eigenvalue weighted by Gasteiger charge is 2.13. The number of sulfonamides is 1. The number of hydrogen-bond donors (Lipinski definition) is 2. The molecule has 0 fully saturated rings. The number of nitrogens with zero attached hydrogens (tertiary/aromatic N) is 6. The standard InChI is InChI=1S/C20H22N8O2S/c1-15-14-16(2)28(26-15)20-9-8-19(24-25-20)21-11-12-23-31(29,30)18-6-4-17(5-7-18)27-13-3-10-22-27/h3-10,13-14,23H,11-12H2,1-2H3,(H,21,24). The Morgan fingerprint density at radius 1 is 1.00 bits per heavy atom. The molecule has 0 aliphatic carbocycles. The third kappa shape index (κ3) is 4.78. The fourth-order valence-electron chi connectivity index (χ4n) is 3.05. The predicted molar refractivity (Wildman–Crippen MR) is 116 cm³/mol. The van der Waals surface area contributed by atoms with Crippen molar-refractivity contribution < 1.29 is 8.42 Å². The molecule has 1 aromatic carbocycles. The molecule has 31 heavy (non-hydrogen) atoms. The summed E-state index contributed by atoms with van der Waals surface area (Å²) in [5.41, 5.74) is 2.66. The molecule has 0 aliphatic heterocycles. The monoisotopic (exact) mass is 438 g/mol. The molecule has 3 aromatic heterocycles. The Morgan fingerprint density at radius 2 is 1.81 bits per heavy atom. The van der Waals surface area contributed by atoms with Crippen LogP contribution in [0, 0.1) is 13.8 Å². The van der Waals surface area contributed by atoms with Crippen molar-refractivity contribution in [3.05, 3.63) is 72.3 Å². The van der Waals surface area contributed by atoms with Crippen LogP contribution in [0.25, 0.3) is 11.5 Å². The summed E-state index contributed by atoms with van der Waals surface area (Å²) >= 11 is 0. The molecule has 0 radical (unpaired) electrons. The average Bonchev–Trinajstić information content (AvgIpc) is 3.41. The van der Waals surface area contributed by atoms with E-state index in [0.29, 0.717) is 18.2 Å². The lowest BCUT2D eigenvalue weighted by Crippen LogP contribution is -2.29. The minimum atomic E-state index is -3.61. The van der Waals surface area contributed by atoms with Crippen molar-refractivity contribution in [3.63, 3.8) is 0 Å². The predicted octanol–water partition coefficient (Wildman–Crippen LogP) is 1.86. The summed E-state index contributed by atoms with van der Waals surface area (Å²) in [4.78, 5) is 0.192. The Labute approximate surface area is 180 Å². The van der Waals surface area contributed by atoms with Crippen LogP contribution in [0.5, 0.6) is 0 Å². The quantitative estimate of drug-likeness (QED) is 0.403. The molecule has 160 valence electrons. The third-order valence-electron chi connectivity index (χ3n) is 4.52. The Bertz CT molecular complexity index is 1250. The van der Waals surface area contributed by atoms with Crippen LogP contribution in [-0.4, -0.2) is 51.3 Å². The first-order chi connectivity index (χ1) is 14.9. The summed E-state index contributed by atoms with van der Waals surface area (Å²) in [7, 11) is -3.61. The molecule has 0 atom stereocenters. The van der Waals surface area contributed by atoms with E-state index in [1.54, 1.807) is 64.2 Å².